The van der Waals surface area contributed by atoms with Crippen LogP contribution in [0.5, 0.6) is 0 Å². The van der Waals surface area contributed by atoms with Gasteiger partial charge in [0.25, 0.3) is 0 Å². The van der Waals surface area contributed by atoms with Crippen molar-refractivity contribution in [2.24, 2.45) is 0 Å². The molecule has 26 heavy (non-hydrogen) atoms. The molecule has 2 aromatic carbocycles. The van der Waals surface area contributed by atoms with Crippen molar-refractivity contribution in [2.75, 3.05) is 9.80 Å². The standard InChI is InChI=1S/C22H20N3O/c1-14(2)24-13-25(18-8-6-12-23-22(18)24)20-15(3)10-11-17-16-7-4-5-9-19(16)26-21(17)20/h4-14H,1-3H3/i14D. The topological polar surface area (TPSA) is 32.5 Å². The first-order chi connectivity index (χ1) is 12.9. The van der Waals surface area contributed by atoms with Gasteiger partial charge in [0, 0.05) is 23.0 Å². The lowest BCUT2D eigenvalue weighted by Crippen LogP contribution is -2.29. The summed E-state index contributed by atoms with van der Waals surface area (Å²) in [6.07, 6.45) is 1.77. The summed E-state index contributed by atoms with van der Waals surface area (Å²) >= 11 is 0. The maximum atomic E-state index is 8.52. The lowest BCUT2D eigenvalue weighted by molar-refractivity contribution is 0.667. The summed E-state index contributed by atoms with van der Waals surface area (Å²) < 4.78 is 14.8. The fourth-order valence-electron chi connectivity index (χ4n) is 3.67. The van der Waals surface area contributed by atoms with Crippen LogP contribution in [0.3, 0.4) is 0 Å². The molecule has 0 fully saturated rings. The summed E-state index contributed by atoms with van der Waals surface area (Å²) in [6.45, 7) is 7.76. The van der Waals surface area contributed by atoms with Crippen LogP contribution in [0, 0.1) is 13.6 Å². The smallest absolute Gasteiger partial charge is 0.159 e. The van der Waals surface area contributed by atoms with Crippen LogP contribution >= 0.6 is 0 Å². The van der Waals surface area contributed by atoms with E-state index in [9.17, 15) is 0 Å². The number of rotatable bonds is 2. The highest BCUT2D eigenvalue weighted by Crippen LogP contribution is 2.47. The third-order valence-corrected chi connectivity index (χ3v) is 4.93. The Kier molecular flexibility index (Phi) is 3.00. The summed E-state index contributed by atoms with van der Waals surface area (Å²) in [7, 11) is 0. The minimum atomic E-state index is -0.826. The molecule has 0 aliphatic carbocycles. The molecule has 1 radical (unpaired) electrons. The molecule has 0 saturated carbocycles. The van der Waals surface area contributed by atoms with Crippen molar-refractivity contribution < 1.29 is 5.79 Å². The molecule has 0 spiro atoms. The van der Waals surface area contributed by atoms with Gasteiger partial charge in [0.1, 0.15) is 12.3 Å². The Morgan fingerprint density at radius 3 is 2.73 bits per heavy atom. The van der Waals surface area contributed by atoms with Crippen molar-refractivity contribution in [2.45, 2.75) is 26.8 Å². The number of hydrogen-bond acceptors (Lipinski definition) is 4. The average Bonchev–Trinajstić information content (AvgIpc) is 3.20. The van der Waals surface area contributed by atoms with Crippen molar-refractivity contribution in [3.05, 3.63) is 67.0 Å². The molecule has 1 aliphatic rings. The molecular weight excluding hydrogens is 322 g/mol. The van der Waals surface area contributed by atoms with Gasteiger partial charge in [0.15, 0.2) is 11.4 Å². The van der Waals surface area contributed by atoms with E-state index in [1.807, 2.05) is 55.7 Å². The molecule has 2 aromatic heterocycles. The molecule has 4 nitrogen and oxygen atoms in total. The van der Waals surface area contributed by atoms with Gasteiger partial charge in [-0.1, -0.05) is 30.3 Å². The summed E-state index contributed by atoms with van der Waals surface area (Å²) in [5.41, 5.74) is 4.78. The molecule has 4 heteroatoms. The summed E-state index contributed by atoms with van der Waals surface area (Å²) in [6, 6.07) is 15.5. The van der Waals surface area contributed by atoms with E-state index in [4.69, 9.17) is 5.79 Å². The molecule has 5 rings (SSSR count). The van der Waals surface area contributed by atoms with Crippen LogP contribution in [0.2, 0.25) is 0 Å². The van der Waals surface area contributed by atoms with E-state index in [1.165, 1.54) is 0 Å². The quantitative estimate of drug-likeness (QED) is 0.462. The highest BCUT2D eigenvalue weighted by Gasteiger charge is 2.32. The van der Waals surface area contributed by atoms with Crippen molar-refractivity contribution in [3.8, 4) is 0 Å². The van der Waals surface area contributed by atoms with E-state index >= 15 is 0 Å². The van der Waals surface area contributed by atoms with E-state index in [0.717, 1.165) is 44.7 Å². The van der Waals surface area contributed by atoms with Crippen molar-refractivity contribution in [1.29, 1.82) is 0 Å². The predicted octanol–water partition coefficient (Wildman–Crippen LogP) is 5.78. The maximum Gasteiger partial charge on any atom is 0.159 e. The second kappa shape index (κ2) is 5.49. The Hall–Kier alpha value is -3.01. The molecule has 0 atom stereocenters. The lowest BCUT2D eigenvalue weighted by atomic mass is 10.1. The molecule has 0 unspecified atom stereocenters. The van der Waals surface area contributed by atoms with Crippen LogP contribution in [-0.2, 0) is 0 Å². The van der Waals surface area contributed by atoms with Crippen LogP contribution in [0.25, 0.3) is 21.9 Å². The Morgan fingerprint density at radius 1 is 1.04 bits per heavy atom. The first kappa shape index (κ1) is 14.2. The fraction of sp³-hybridized carbons (Fsp3) is 0.182. The second-order valence-corrected chi connectivity index (χ2v) is 6.85. The largest absolute Gasteiger partial charge is 0.454 e. The maximum absolute atomic E-state index is 8.52. The van der Waals surface area contributed by atoms with Gasteiger partial charge in [-0.3, -0.25) is 0 Å². The number of nitrogens with zero attached hydrogens (tertiary/aromatic N) is 3. The summed E-state index contributed by atoms with van der Waals surface area (Å²) in [5, 5.41) is 2.20. The Labute approximate surface area is 154 Å². The zero-order valence-corrected chi connectivity index (χ0v) is 15.0. The number of pyridine rings is 1. The normalized spacial score (nSPS) is 15.0. The SMILES string of the molecule is [2H]C(C)(C)N1[CH]N(c2c(C)ccc3c2oc2ccccc23)c2cccnc21. The van der Waals surface area contributed by atoms with Gasteiger partial charge in [-0.2, -0.15) is 0 Å². The van der Waals surface area contributed by atoms with Gasteiger partial charge in [-0.15, -0.1) is 0 Å². The molecule has 0 N–H and O–H groups in total. The molecule has 0 amide bonds. The highest BCUT2D eigenvalue weighted by molar-refractivity contribution is 6.10. The molecule has 1 aliphatic heterocycles. The van der Waals surface area contributed by atoms with Crippen LogP contribution in [-0.4, -0.2) is 11.0 Å². The Bertz CT molecular complexity index is 1180. The number of hydrogen-bond donors (Lipinski definition) is 0. The van der Waals surface area contributed by atoms with Crippen LogP contribution in [0.4, 0.5) is 17.2 Å². The van der Waals surface area contributed by atoms with E-state index in [1.54, 1.807) is 6.20 Å². The first-order valence-electron chi connectivity index (χ1n) is 9.24. The predicted molar refractivity (Wildman–Crippen MR) is 107 cm³/mol. The lowest BCUT2D eigenvalue weighted by Gasteiger charge is -2.24. The van der Waals surface area contributed by atoms with Gasteiger partial charge in [0.2, 0.25) is 0 Å². The van der Waals surface area contributed by atoms with Gasteiger partial charge >= 0.3 is 0 Å². The third kappa shape index (κ3) is 2.05. The Balaban J connectivity index is 1.78. The van der Waals surface area contributed by atoms with E-state index in [-0.39, 0.29) is 0 Å². The molecular formula is C22H20N3O. The average molecular weight is 343 g/mol. The fourth-order valence-corrected chi connectivity index (χ4v) is 3.67. The molecule has 0 saturated heterocycles. The molecule has 0 bridgehead atoms. The third-order valence-electron chi connectivity index (χ3n) is 4.93. The van der Waals surface area contributed by atoms with Gasteiger partial charge in [-0.05, 0) is 44.5 Å². The number of furan rings is 1. The number of para-hydroxylation sites is 1. The summed E-state index contributed by atoms with van der Waals surface area (Å²) in [4.78, 5) is 8.53. The minimum absolute atomic E-state index is 0.782. The number of aromatic nitrogens is 1. The number of fused-ring (bicyclic) bond motifs is 4. The van der Waals surface area contributed by atoms with Crippen molar-refractivity contribution in [1.82, 2.24) is 4.98 Å². The van der Waals surface area contributed by atoms with Gasteiger partial charge in [-0.25, -0.2) is 4.98 Å². The molecule has 3 heterocycles. The van der Waals surface area contributed by atoms with E-state index in [0.29, 0.717) is 0 Å². The number of aryl methyl sites for hydroxylation is 1. The zero-order valence-electron chi connectivity index (χ0n) is 16.0. The summed E-state index contributed by atoms with van der Waals surface area (Å²) in [5.74, 6) is 0.782. The van der Waals surface area contributed by atoms with Crippen molar-refractivity contribution >= 4 is 39.1 Å². The second-order valence-electron chi connectivity index (χ2n) is 6.85. The van der Waals surface area contributed by atoms with Crippen molar-refractivity contribution in [3.63, 3.8) is 0 Å². The van der Waals surface area contributed by atoms with E-state index in [2.05, 4.69) is 35.0 Å². The van der Waals surface area contributed by atoms with Gasteiger partial charge in [0.05, 0.1) is 12.7 Å². The van der Waals surface area contributed by atoms with E-state index < -0.39 is 6.02 Å². The highest BCUT2D eigenvalue weighted by atomic mass is 16.3. The zero-order chi connectivity index (χ0) is 18.8. The van der Waals surface area contributed by atoms with Crippen LogP contribution in [0.1, 0.15) is 20.8 Å². The first-order valence-corrected chi connectivity index (χ1v) is 8.74. The number of anilines is 3. The van der Waals surface area contributed by atoms with Crippen LogP contribution < -0.4 is 9.80 Å². The molecule has 129 valence electrons. The number of benzene rings is 2. The Morgan fingerprint density at radius 2 is 1.88 bits per heavy atom. The van der Waals surface area contributed by atoms with Gasteiger partial charge < -0.3 is 14.2 Å². The molecule has 4 aromatic rings. The monoisotopic (exact) mass is 343 g/mol. The minimum Gasteiger partial charge on any atom is -0.454 e. The van der Waals surface area contributed by atoms with Crippen LogP contribution in [0.15, 0.2) is 59.1 Å².